The lowest BCUT2D eigenvalue weighted by Crippen LogP contribution is -2.69. The molecule has 3 rings (SSSR count). The van der Waals surface area contributed by atoms with E-state index in [1.54, 1.807) is 0 Å². The number of phosphoric acid groups is 1. The van der Waals surface area contributed by atoms with E-state index in [0.717, 1.165) is 57.8 Å². The summed E-state index contributed by atoms with van der Waals surface area (Å²) in [6, 6.07) is 0. The van der Waals surface area contributed by atoms with Crippen molar-refractivity contribution < 1.29 is 113 Å². The fourth-order valence-corrected chi connectivity index (χ4v) is 10.4. The Morgan fingerprint density at radius 1 is 0.474 bits per heavy atom. The number of rotatable bonds is 41. The fraction of sp³-hybridized carbons (Fsp3) is 0.889. The third-order valence-electron chi connectivity index (χ3n) is 14.2. The second-order valence-corrected chi connectivity index (χ2v) is 22.2. The molecule has 16 atom stereocenters. The molecule has 0 aromatic heterocycles. The number of allylic oxidation sites excluding steroid dienone is 4. The lowest BCUT2D eigenvalue weighted by molar-refractivity contribution is -0.360. The molecule has 2 aliphatic heterocycles. The van der Waals surface area contributed by atoms with E-state index in [9.17, 15) is 75.2 Å². The van der Waals surface area contributed by atoms with Gasteiger partial charge in [0.25, 0.3) is 0 Å². The van der Waals surface area contributed by atoms with Gasteiger partial charge < -0.3 is 89.5 Å². The summed E-state index contributed by atoms with van der Waals surface area (Å²) in [5.74, 6) is -1.37. The highest BCUT2D eigenvalue weighted by atomic mass is 31.2. The van der Waals surface area contributed by atoms with E-state index >= 15 is 0 Å². The Morgan fingerprint density at radius 2 is 0.846 bits per heavy atom. The quantitative estimate of drug-likeness (QED) is 0.0181. The van der Waals surface area contributed by atoms with Crippen LogP contribution in [0.4, 0.5) is 0 Å². The van der Waals surface area contributed by atoms with Gasteiger partial charge in [-0.3, -0.25) is 18.6 Å². The first-order valence-corrected chi connectivity index (χ1v) is 30.2. The number of aliphatic hydroxyl groups excluding tert-OH is 11. The van der Waals surface area contributed by atoms with Crippen molar-refractivity contribution >= 4 is 19.8 Å². The van der Waals surface area contributed by atoms with Crippen LogP contribution in [-0.4, -0.2) is 204 Å². The summed E-state index contributed by atoms with van der Waals surface area (Å²) in [5.41, 5.74) is 0. The van der Waals surface area contributed by atoms with Crippen LogP contribution in [0.3, 0.4) is 0 Å². The molecule has 1 saturated carbocycles. The first-order valence-electron chi connectivity index (χ1n) is 28.7. The second-order valence-electron chi connectivity index (χ2n) is 20.8. The minimum atomic E-state index is -5.64. The maximum Gasteiger partial charge on any atom is 0.472 e. The van der Waals surface area contributed by atoms with E-state index in [4.69, 9.17) is 37.5 Å². The van der Waals surface area contributed by atoms with Crippen molar-refractivity contribution in [3.63, 3.8) is 0 Å². The molecule has 2 heterocycles. The van der Waals surface area contributed by atoms with Crippen LogP contribution in [0.25, 0.3) is 0 Å². The predicted octanol–water partition coefficient (Wildman–Crippen LogP) is 3.31. The van der Waals surface area contributed by atoms with E-state index in [2.05, 4.69) is 38.2 Å². The molecule has 16 unspecified atom stereocenters. The molecule has 3 aliphatic rings. The maximum absolute atomic E-state index is 14.0. The zero-order chi connectivity index (χ0) is 57.5. The zero-order valence-electron chi connectivity index (χ0n) is 45.9. The maximum atomic E-state index is 14.0. The lowest BCUT2D eigenvalue weighted by atomic mass is 9.84. The first kappa shape index (κ1) is 70.2. The molecular weight excluding hydrogens is 1050 g/mol. The molecule has 0 radical (unpaired) electrons. The molecule has 0 aromatic carbocycles. The number of aliphatic hydroxyl groups is 11. The van der Waals surface area contributed by atoms with Gasteiger partial charge in [0, 0.05) is 12.8 Å². The summed E-state index contributed by atoms with van der Waals surface area (Å²) in [7, 11) is -5.64. The van der Waals surface area contributed by atoms with Crippen molar-refractivity contribution in [1.29, 1.82) is 0 Å². The van der Waals surface area contributed by atoms with Crippen molar-refractivity contribution in [2.45, 2.75) is 279 Å². The highest BCUT2D eigenvalue weighted by molar-refractivity contribution is 7.47. The summed E-state index contributed by atoms with van der Waals surface area (Å²) < 4.78 is 58.0. The Morgan fingerprint density at radius 3 is 1.26 bits per heavy atom. The molecule has 3 fully saturated rings. The van der Waals surface area contributed by atoms with Crippen molar-refractivity contribution in [3.8, 4) is 0 Å². The second kappa shape index (κ2) is 39.4. The van der Waals surface area contributed by atoms with Gasteiger partial charge >= 0.3 is 19.8 Å². The minimum absolute atomic E-state index is 0.0297. The number of unbranched alkanes of at least 4 members (excludes halogenated alkanes) is 19. The van der Waals surface area contributed by atoms with Gasteiger partial charge in [-0.1, -0.05) is 122 Å². The van der Waals surface area contributed by atoms with Crippen LogP contribution in [0, 0.1) is 0 Å². The van der Waals surface area contributed by atoms with E-state index in [0.29, 0.717) is 19.3 Å². The molecule has 24 heteroatoms. The summed E-state index contributed by atoms with van der Waals surface area (Å²) in [6.45, 7) is 0.948. The van der Waals surface area contributed by atoms with Crippen LogP contribution in [0.5, 0.6) is 0 Å². The Labute approximate surface area is 460 Å². The summed E-state index contributed by atoms with van der Waals surface area (Å²) >= 11 is 0. The van der Waals surface area contributed by atoms with Crippen molar-refractivity contribution in [3.05, 3.63) is 24.3 Å². The molecule has 23 nitrogen and oxygen atoms in total. The molecular formula is C54H97O23P. The number of carbonyl (C=O) groups is 2. The third kappa shape index (κ3) is 25.2. The topological polar surface area (TPSA) is 368 Å². The average molecular weight is 1150 g/mol. The van der Waals surface area contributed by atoms with Crippen LogP contribution >= 0.6 is 7.82 Å². The molecule has 78 heavy (non-hydrogen) atoms. The SMILES string of the molecule is CCCCCCCC/C=C\CCCCCC(=O)OCC(COP(=O)(O)OC1C(OC2OC(CO)C(O)C(O)C2O)C(O)C(O)C(O)C1OC1OC(CO)C(O)C(O)C1O)OC(=O)CCCCC/C=C\CCCCCCCCC. The number of esters is 2. The number of hydrogen-bond donors (Lipinski definition) is 12. The molecule has 456 valence electrons. The van der Waals surface area contributed by atoms with Crippen molar-refractivity contribution in [2.24, 2.45) is 0 Å². The van der Waals surface area contributed by atoms with Gasteiger partial charge in [-0.25, -0.2) is 4.57 Å². The molecule has 0 aromatic rings. The van der Waals surface area contributed by atoms with Crippen LogP contribution < -0.4 is 0 Å². The number of carbonyl (C=O) groups excluding carboxylic acids is 2. The molecule has 2 saturated heterocycles. The fourth-order valence-electron chi connectivity index (χ4n) is 9.40. The monoisotopic (exact) mass is 1140 g/mol. The Bertz CT molecular complexity index is 1660. The Kier molecular flexibility index (Phi) is 35.5. The first-order chi connectivity index (χ1) is 37.4. The standard InChI is InChI=1S/C54H97O23P/c1-3-5-7-9-11-13-15-17-19-21-23-25-27-29-31-40(58)72-36(34-70-39(57)30-28-26-24-22-20-18-16-14-12-10-8-6-4-2)35-71-78(68,69)77-52-50(75-53-48(66)43(61)41(59)37(32-55)73-53)46(64)45(63)47(65)51(52)76-54-49(67)44(62)42(60)38(33-56)74-54/h18-21,36-38,41-56,59-67H,3-17,22-35H2,1-2H3,(H,68,69)/b20-18-,21-19-. The summed E-state index contributed by atoms with van der Waals surface area (Å²) in [5, 5.41) is 116. The van der Waals surface area contributed by atoms with E-state index in [-0.39, 0.29) is 12.8 Å². The van der Waals surface area contributed by atoms with Gasteiger partial charge in [0.1, 0.15) is 92.1 Å². The van der Waals surface area contributed by atoms with E-state index < -0.39 is 150 Å². The molecule has 1 aliphatic carbocycles. The van der Waals surface area contributed by atoms with Gasteiger partial charge in [-0.2, -0.15) is 0 Å². The Hall–Kier alpha value is -2.07. The predicted molar refractivity (Wildman–Crippen MR) is 282 cm³/mol. The summed E-state index contributed by atoms with van der Waals surface area (Å²) in [4.78, 5) is 37.4. The van der Waals surface area contributed by atoms with Crippen molar-refractivity contribution in [1.82, 2.24) is 0 Å². The number of phosphoric ester groups is 1. The zero-order valence-corrected chi connectivity index (χ0v) is 46.8. The largest absolute Gasteiger partial charge is 0.472 e. The average Bonchev–Trinajstić information content (AvgIpc) is 3.45. The van der Waals surface area contributed by atoms with Gasteiger partial charge in [0.2, 0.25) is 0 Å². The summed E-state index contributed by atoms with van der Waals surface area (Å²) in [6.07, 6.45) is -2.49. The molecule has 0 spiro atoms. The van der Waals surface area contributed by atoms with Crippen LogP contribution in [0.1, 0.15) is 174 Å². The number of ether oxygens (including phenoxy) is 6. The van der Waals surface area contributed by atoms with Gasteiger partial charge in [0.15, 0.2) is 18.7 Å². The highest BCUT2D eigenvalue weighted by Crippen LogP contribution is 2.49. The highest BCUT2D eigenvalue weighted by Gasteiger charge is 2.58. The molecule has 0 bridgehead atoms. The molecule has 12 N–H and O–H groups in total. The van der Waals surface area contributed by atoms with E-state index in [1.165, 1.54) is 70.6 Å². The third-order valence-corrected chi connectivity index (χ3v) is 15.2. The van der Waals surface area contributed by atoms with E-state index in [1.807, 2.05) is 0 Å². The van der Waals surface area contributed by atoms with Crippen LogP contribution in [-0.2, 0) is 51.6 Å². The van der Waals surface area contributed by atoms with Gasteiger partial charge in [-0.15, -0.1) is 0 Å². The minimum Gasteiger partial charge on any atom is -0.462 e. The Balaban J connectivity index is 1.73. The molecule has 0 amide bonds. The van der Waals surface area contributed by atoms with Gasteiger partial charge in [0.05, 0.1) is 19.8 Å². The smallest absolute Gasteiger partial charge is 0.462 e. The number of hydrogen-bond acceptors (Lipinski definition) is 22. The lowest BCUT2D eigenvalue weighted by Gasteiger charge is -2.49. The van der Waals surface area contributed by atoms with Gasteiger partial charge in [-0.05, 0) is 64.2 Å². The van der Waals surface area contributed by atoms with Crippen LogP contribution in [0.15, 0.2) is 24.3 Å². The van der Waals surface area contributed by atoms with Crippen LogP contribution in [0.2, 0.25) is 0 Å². The normalized spacial score (nSPS) is 31.9. The van der Waals surface area contributed by atoms with Crippen molar-refractivity contribution in [2.75, 3.05) is 26.4 Å².